The van der Waals surface area contributed by atoms with Crippen molar-refractivity contribution in [2.75, 3.05) is 38.5 Å². The summed E-state index contributed by atoms with van der Waals surface area (Å²) in [5.74, 6) is 0.0638. The predicted octanol–water partition coefficient (Wildman–Crippen LogP) is 4.37. The van der Waals surface area contributed by atoms with Crippen molar-refractivity contribution in [3.63, 3.8) is 0 Å². The molecule has 0 saturated carbocycles. The van der Waals surface area contributed by atoms with Crippen LogP contribution < -0.4 is 16.6 Å². The molecule has 0 spiro atoms. The molecule has 228 valence electrons. The normalized spacial score (nSPS) is 15.6. The Labute approximate surface area is 247 Å². The molecule has 5 rings (SSSR count). The third kappa shape index (κ3) is 6.45. The van der Waals surface area contributed by atoms with Crippen LogP contribution in [0.25, 0.3) is 16.6 Å². The first-order valence-electron chi connectivity index (χ1n) is 14.2. The van der Waals surface area contributed by atoms with Gasteiger partial charge in [0.05, 0.1) is 12.1 Å². The van der Waals surface area contributed by atoms with E-state index < -0.39 is 12.7 Å². The number of rotatable bonds is 7. The molecule has 43 heavy (non-hydrogen) atoms. The quantitative estimate of drug-likeness (QED) is 0.293. The third-order valence-electron chi connectivity index (χ3n) is 8.27. The molecular weight excluding hydrogens is 559 g/mol. The van der Waals surface area contributed by atoms with E-state index in [0.717, 1.165) is 39.2 Å². The molecule has 1 fully saturated rings. The highest BCUT2D eigenvalue weighted by atomic mass is 19.4. The second-order valence-corrected chi connectivity index (χ2v) is 11.3. The summed E-state index contributed by atoms with van der Waals surface area (Å²) in [5, 5.41) is 2.93. The highest BCUT2D eigenvalue weighted by molar-refractivity contribution is 5.98. The lowest BCUT2D eigenvalue weighted by atomic mass is 9.99. The fraction of sp³-hybridized carbons (Fsp3) is 0.387. The summed E-state index contributed by atoms with van der Waals surface area (Å²) in [6, 6.07) is 9.03. The van der Waals surface area contributed by atoms with Gasteiger partial charge in [-0.15, -0.1) is 0 Å². The Morgan fingerprint density at radius 3 is 2.47 bits per heavy atom. The number of amides is 1. The van der Waals surface area contributed by atoms with Crippen LogP contribution in [0, 0.1) is 20.8 Å². The number of nitrogens with zero attached hydrogens (tertiary/aromatic N) is 4. The molecule has 1 atom stereocenters. The maximum absolute atomic E-state index is 13.7. The fourth-order valence-corrected chi connectivity index (χ4v) is 6.03. The van der Waals surface area contributed by atoms with Gasteiger partial charge in [0.25, 0.3) is 11.5 Å². The molecule has 1 aliphatic heterocycles. The predicted molar refractivity (Wildman–Crippen MR) is 160 cm³/mol. The minimum atomic E-state index is -4.24. The number of hydrogen-bond acceptors (Lipinski definition) is 6. The van der Waals surface area contributed by atoms with E-state index in [4.69, 9.17) is 5.73 Å². The van der Waals surface area contributed by atoms with Crippen LogP contribution in [0.3, 0.4) is 0 Å². The van der Waals surface area contributed by atoms with E-state index >= 15 is 0 Å². The number of hydrogen-bond donors (Lipinski definition) is 3. The maximum atomic E-state index is 13.7. The number of carbonyl (C=O) groups is 1. The number of aromatic amines is 1. The van der Waals surface area contributed by atoms with E-state index in [2.05, 4.69) is 20.2 Å². The van der Waals surface area contributed by atoms with Gasteiger partial charge in [-0.1, -0.05) is 0 Å². The molecule has 1 saturated heterocycles. The van der Waals surface area contributed by atoms with Crippen molar-refractivity contribution in [2.45, 2.75) is 46.5 Å². The van der Waals surface area contributed by atoms with Gasteiger partial charge in [-0.05, 0) is 69.2 Å². The van der Waals surface area contributed by atoms with Gasteiger partial charge in [0, 0.05) is 84.8 Å². The standard InChI is InChI=1S/C31H36F3N7O2/c1-18-13-19(2)38-30(43)25(18)16-37-29(42)24-14-26-23(22-5-6-27(35)36-15-22)7-8-41(26)28(20(24)3)21(4)40-11-9-39(10-12-40)17-31(32,33)34/h5-8,13-15,21H,9-12,16-17H2,1-4H3,(H2,35,36)(H,37,42)(H,38,43)/t21-/m0/s1. The van der Waals surface area contributed by atoms with Gasteiger partial charge in [0.1, 0.15) is 5.82 Å². The molecule has 0 radical (unpaired) electrons. The second-order valence-electron chi connectivity index (χ2n) is 11.3. The topological polar surface area (TPSA) is 112 Å². The van der Waals surface area contributed by atoms with Crippen LogP contribution in [0.15, 0.2) is 47.5 Å². The Morgan fingerprint density at radius 2 is 1.84 bits per heavy atom. The maximum Gasteiger partial charge on any atom is 0.401 e. The molecular formula is C31H36F3N7O2. The number of pyridine rings is 3. The highest BCUT2D eigenvalue weighted by Crippen LogP contribution is 2.34. The molecule has 12 heteroatoms. The van der Waals surface area contributed by atoms with Crippen LogP contribution in [0.5, 0.6) is 0 Å². The van der Waals surface area contributed by atoms with Crippen molar-refractivity contribution in [3.8, 4) is 11.1 Å². The van der Waals surface area contributed by atoms with Gasteiger partial charge in [0.15, 0.2) is 0 Å². The molecule has 1 aliphatic rings. The van der Waals surface area contributed by atoms with Crippen molar-refractivity contribution in [1.29, 1.82) is 0 Å². The summed E-state index contributed by atoms with van der Waals surface area (Å²) in [5.41, 5.74) is 12.1. The number of H-pyrrole nitrogens is 1. The average Bonchev–Trinajstić information content (AvgIpc) is 3.35. The molecule has 0 unspecified atom stereocenters. The van der Waals surface area contributed by atoms with Crippen molar-refractivity contribution < 1.29 is 18.0 Å². The number of piperazine rings is 1. The number of aromatic nitrogens is 3. The van der Waals surface area contributed by atoms with Crippen molar-refractivity contribution in [1.82, 2.24) is 29.5 Å². The lowest BCUT2D eigenvalue weighted by Gasteiger charge is -2.39. The number of aryl methyl sites for hydroxylation is 2. The third-order valence-corrected chi connectivity index (χ3v) is 8.27. The summed E-state index contributed by atoms with van der Waals surface area (Å²) >= 11 is 0. The van der Waals surface area contributed by atoms with Crippen LogP contribution in [0.2, 0.25) is 0 Å². The van der Waals surface area contributed by atoms with E-state index in [-0.39, 0.29) is 24.1 Å². The Bertz CT molecular complexity index is 1700. The summed E-state index contributed by atoms with van der Waals surface area (Å²) in [7, 11) is 0. The van der Waals surface area contributed by atoms with Gasteiger partial charge in [-0.3, -0.25) is 19.4 Å². The summed E-state index contributed by atoms with van der Waals surface area (Å²) in [6.07, 6.45) is -0.616. The zero-order valence-electron chi connectivity index (χ0n) is 24.7. The van der Waals surface area contributed by atoms with E-state index in [1.54, 1.807) is 19.2 Å². The number of halogens is 3. The zero-order chi connectivity index (χ0) is 31.1. The molecule has 0 bridgehead atoms. The van der Waals surface area contributed by atoms with Gasteiger partial charge >= 0.3 is 6.18 Å². The minimum Gasteiger partial charge on any atom is -0.384 e. The lowest BCUT2D eigenvalue weighted by molar-refractivity contribution is -0.149. The number of anilines is 1. The molecule has 4 aromatic heterocycles. The van der Waals surface area contributed by atoms with Crippen LogP contribution in [0.4, 0.5) is 19.0 Å². The van der Waals surface area contributed by atoms with Crippen LogP contribution in [0.1, 0.15) is 51.4 Å². The monoisotopic (exact) mass is 595 g/mol. The molecule has 1 amide bonds. The Kier molecular flexibility index (Phi) is 8.35. The minimum absolute atomic E-state index is 0.0622. The first kappa shape index (κ1) is 30.3. The molecule has 0 aliphatic carbocycles. The smallest absolute Gasteiger partial charge is 0.384 e. The first-order chi connectivity index (χ1) is 20.3. The van der Waals surface area contributed by atoms with E-state index in [9.17, 15) is 22.8 Å². The summed E-state index contributed by atoms with van der Waals surface area (Å²) in [6.45, 7) is 8.19. The van der Waals surface area contributed by atoms with E-state index in [0.29, 0.717) is 43.1 Å². The number of carbonyl (C=O) groups excluding carboxylic acids is 1. The molecule has 4 N–H and O–H groups in total. The van der Waals surface area contributed by atoms with Gasteiger partial charge < -0.3 is 20.4 Å². The zero-order valence-corrected chi connectivity index (χ0v) is 24.7. The van der Waals surface area contributed by atoms with Crippen molar-refractivity contribution >= 4 is 17.2 Å². The highest BCUT2D eigenvalue weighted by Gasteiger charge is 2.34. The van der Waals surface area contributed by atoms with E-state index in [1.807, 2.05) is 55.6 Å². The molecule has 0 aromatic carbocycles. The van der Waals surface area contributed by atoms with E-state index in [1.165, 1.54) is 4.90 Å². The second kappa shape index (κ2) is 11.8. The molecule has 4 aromatic rings. The Morgan fingerprint density at radius 1 is 1.12 bits per heavy atom. The number of alkyl halides is 3. The summed E-state index contributed by atoms with van der Waals surface area (Å²) < 4.78 is 41.0. The largest absolute Gasteiger partial charge is 0.401 e. The first-order valence-corrected chi connectivity index (χ1v) is 14.2. The SMILES string of the molecule is Cc1cc(C)c(CNC(=O)c2cc3c(-c4ccc(N)nc4)ccn3c([C@H](C)N3CCN(CC(F)(F)F)CC3)c2C)c(=O)[nH]1. The van der Waals surface area contributed by atoms with Gasteiger partial charge in [-0.25, -0.2) is 4.98 Å². The number of nitrogens with two attached hydrogens (primary N) is 1. The molecule has 5 heterocycles. The molecule has 9 nitrogen and oxygen atoms in total. The van der Waals surface area contributed by atoms with Crippen molar-refractivity contribution in [3.05, 3.63) is 86.7 Å². The number of nitrogens with one attached hydrogen (secondary N) is 2. The van der Waals surface area contributed by atoms with Gasteiger partial charge in [-0.2, -0.15) is 13.2 Å². The van der Waals surface area contributed by atoms with Gasteiger partial charge in [0.2, 0.25) is 0 Å². The van der Waals surface area contributed by atoms with Crippen LogP contribution in [-0.2, 0) is 6.54 Å². The Hall–Kier alpha value is -4.16. The lowest BCUT2D eigenvalue weighted by Crippen LogP contribution is -2.49. The van der Waals surface area contributed by atoms with Crippen LogP contribution >= 0.6 is 0 Å². The summed E-state index contributed by atoms with van der Waals surface area (Å²) in [4.78, 5) is 36.9. The van der Waals surface area contributed by atoms with Crippen molar-refractivity contribution in [2.24, 2.45) is 0 Å². The number of nitrogen functional groups attached to an aromatic ring is 1. The average molecular weight is 596 g/mol. The Balaban J connectivity index is 1.52. The fourth-order valence-electron chi connectivity index (χ4n) is 6.03. The van der Waals surface area contributed by atoms with Crippen LogP contribution in [-0.4, -0.2) is 69.0 Å². The number of fused-ring (bicyclic) bond motifs is 1.